The minimum absolute atomic E-state index is 0.114. The van der Waals surface area contributed by atoms with Crippen LogP contribution in [0.3, 0.4) is 0 Å². The van der Waals surface area contributed by atoms with Gasteiger partial charge in [-0.15, -0.1) is 11.6 Å². The van der Waals surface area contributed by atoms with Gasteiger partial charge in [0, 0.05) is 30.9 Å². The number of aromatic nitrogens is 1. The molecule has 0 atom stereocenters. The van der Waals surface area contributed by atoms with Crippen molar-refractivity contribution in [1.82, 2.24) is 9.29 Å². The maximum atomic E-state index is 12.4. The number of hydrogen-bond donors (Lipinski definition) is 0. The van der Waals surface area contributed by atoms with E-state index < -0.39 is 10.0 Å². The summed E-state index contributed by atoms with van der Waals surface area (Å²) in [5, 5.41) is 0.114. The van der Waals surface area contributed by atoms with Gasteiger partial charge in [0.2, 0.25) is 0 Å². The molecule has 1 saturated heterocycles. The Kier molecular flexibility index (Phi) is 4.89. The smallest absolute Gasteiger partial charge is 0.243 e. The van der Waals surface area contributed by atoms with Gasteiger partial charge in [0.1, 0.15) is 0 Å². The predicted octanol–water partition coefficient (Wildman–Crippen LogP) is 1.95. The molecule has 1 aromatic heterocycles. The first-order chi connectivity index (χ1) is 8.64. The second-order valence-corrected chi connectivity index (χ2v) is 7.39. The van der Waals surface area contributed by atoms with Crippen molar-refractivity contribution in [2.75, 3.05) is 24.6 Å². The Bertz CT molecular complexity index is 482. The van der Waals surface area contributed by atoms with Crippen molar-refractivity contribution in [3.8, 4) is 0 Å². The zero-order valence-electron chi connectivity index (χ0n) is 9.88. The number of thioether (sulfide) groups is 1. The zero-order valence-corrected chi connectivity index (χ0v) is 12.3. The van der Waals surface area contributed by atoms with Crippen LogP contribution in [0, 0.1) is 0 Å². The van der Waals surface area contributed by atoms with Gasteiger partial charge < -0.3 is 0 Å². The highest BCUT2D eigenvalue weighted by Gasteiger charge is 2.26. The molecule has 0 amide bonds. The molecule has 1 aliphatic rings. The highest BCUT2D eigenvalue weighted by atomic mass is 35.5. The summed E-state index contributed by atoms with van der Waals surface area (Å²) in [6.07, 6.45) is 2.41. The van der Waals surface area contributed by atoms with Crippen LogP contribution in [-0.4, -0.2) is 42.3 Å². The maximum absolute atomic E-state index is 12.4. The molecule has 0 radical (unpaired) electrons. The van der Waals surface area contributed by atoms with Crippen LogP contribution in [0.15, 0.2) is 23.4 Å². The molecule has 2 rings (SSSR count). The topological polar surface area (TPSA) is 50.3 Å². The largest absolute Gasteiger partial charge is 0.260 e. The highest BCUT2D eigenvalue weighted by molar-refractivity contribution is 7.99. The van der Waals surface area contributed by atoms with Crippen molar-refractivity contribution in [3.05, 3.63) is 23.9 Å². The summed E-state index contributed by atoms with van der Waals surface area (Å²) in [4.78, 5) is 4.01. The number of nitrogens with zero attached hydrogens (tertiary/aromatic N) is 2. The van der Waals surface area contributed by atoms with Crippen molar-refractivity contribution in [2.45, 2.75) is 17.3 Å². The summed E-state index contributed by atoms with van der Waals surface area (Å²) < 4.78 is 26.2. The van der Waals surface area contributed by atoms with Crippen molar-refractivity contribution in [2.24, 2.45) is 0 Å². The summed E-state index contributed by atoms with van der Waals surface area (Å²) in [6, 6.07) is 3.24. The first kappa shape index (κ1) is 14.1. The molecule has 1 aromatic rings. The summed E-state index contributed by atoms with van der Waals surface area (Å²) in [6.45, 7) is 1.14. The molecule has 0 saturated carbocycles. The summed E-state index contributed by atoms with van der Waals surface area (Å²) in [5.41, 5.74) is 0.821. The van der Waals surface area contributed by atoms with E-state index in [4.69, 9.17) is 11.6 Å². The third-order valence-corrected chi connectivity index (χ3v) is 5.91. The third-order valence-electron chi connectivity index (χ3n) is 2.74. The van der Waals surface area contributed by atoms with Crippen LogP contribution in [0.4, 0.5) is 0 Å². The lowest BCUT2D eigenvalue weighted by molar-refractivity contribution is 0.432. The van der Waals surface area contributed by atoms with Crippen LogP contribution in [0.25, 0.3) is 0 Å². The molecule has 100 valence electrons. The normalized spacial score (nSPS) is 18.5. The van der Waals surface area contributed by atoms with E-state index in [1.54, 1.807) is 17.8 Å². The minimum Gasteiger partial charge on any atom is -0.243 e. The van der Waals surface area contributed by atoms with Crippen LogP contribution in [0.5, 0.6) is 0 Å². The molecule has 4 nitrogen and oxygen atoms in total. The Morgan fingerprint density at radius 2 is 2.17 bits per heavy atom. The van der Waals surface area contributed by atoms with Gasteiger partial charge in [0.05, 0.1) is 0 Å². The van der Waals surface area contributed by atoms with Crippen molar-refractivity contribution >= 4 is 33.4 Å². The quantitative estimate of drug-likeness (QED) is 0.801. The Labute approximate surface area is 117 Å². The number of hydrogen-bond acceptors (Lipinski definition) is 4. The molecule has 0 spiro atoms. The van der Waals surface area contributed by atoms with E-state index in [1.807, 2.05) is 0 Å². The van der Waals surface area contributed by atoms with Gasteiger partial charge in [-0.25, -0.2) is 13.4 Å². The second-order valence-electron chi connectivity index (χ2n) is 4.01. The molecule has 7 heteroatoms. The van der Waals surface area contributed by atoms with Gasteiger partial charge in [0.15, 0.2) is 5.03 Å². The Morgan fingerprint density at radius 3 is 2.83 bits per heavy atom. The standard InChI is InChI=1S/C11H15ClN2O2S2/c12-8-10-2-3-11(13-9-10)18(15,16)14-4-1-6-17-7-5-14/h2-3,9H,1,4-8H2. The predicted molar refractivity (Wildman–Crippen MR) is 74.5 cm³/mol. The Balaban J connectivity index is 2.22. The third kappa shape index (κ3) is 3.17. The van der Waals surface area contributed by atoms with Gasteiger partial charge in [-0.3, -0.25) is 0 Å². The second kappa shape index (κ2) is 6.23. The highest BCUT2D eigenvalue weighted by Crippen LogP contribution is 2.18. The number of pyridine rings is 1. The van der Waals surface area contributed by atoms with E-state index in [0.717, 1.165) is 23.5 Å². The van der Waals surface area contributed by atoms with Gasteiger partial charge in [-0.05, 0) is 23.8 Å². The molecule has 1 fully saturated rings. The van der Waals surface area contributed by atoms with E-state index in [-0.39, 0.29) is 5.03 Å². The lowest BCUT2D eigenvalue weighted by Gasteiger charge is -2.18. The van der Waals surface area contributed by atoms with Crippen molar-refractivity contribution < 1.29 is 8.42 Å². The SMILES string of the molecule is O=S(=O)(c1ccc(CCl)cn1)N1CCCSCC1. The van der Waals surface area contributed by atoms with Gasteiger partial charge >= 0.3 is 0 Å². The summed E-state index contributed by atoms with van der Waals surface area (Å²) in [7, 11) is -3.44. The monoisotopic (exact) mass is 306 g/mol. The van der Waals surface area contributed by atoms with E-state index in [0.29, 0.717) is 19.0 Å². The number of alkyl halides is 1. The molecule has 18 heavy (non-hydrogen) atoms. The van der Waals surface area contributed by atoms with Gasteiger partial charge in [-0.1, -0.05) is 6.07 Å². The Morgan fingerprint density at radius 1 is 1.33 bits per heavy atom. The van der Waals surface area contributed by atoms with Crippen LogP contribution in [0.1, 0.15) is 12.0 Å². The zero-order chi connectivity index (χ0) is 13.0. The lowest BCUT2D eigenvalue weighted by atomic mass is 10.3. The van der Waals surface area contributed by atoms with Crippen molar-refractivity contribution in [1.29, 1.82) is 0 Å². The average Bonchev–Trinajstić information content (AvgIpc) is 2.68. The van der Waals surface area contributed by atoms with E-state index in [2.05, 4.69) is 4.98 Å². The fourth-order valence-corrected chi connectivity index (χ4v) is 4.29. The van der Waals surface area contributed by atoms with Crippen LogP contribution < -0.4 is 0 Å². The maximum Gasteiger partial charge on any atom is 0.260 e. The van der Waals surface area contributed by atoms with Crippen LogP contribution in [-0.2, 0) is 15.9 Å². The number of halogens is 1. The van der Waals surface area contributed by atoms with Crippen molar-refractivity contribution in [3.63, 3.8) is 0 Å². The molecule has 0 aromatic carbocycles. The van der Waals surface area contributed by atoms with Gasteiger partial charge in [-0.2, -0.15) is 16.1 Å². The number of rotatable bonds is 3. The number of sulfonamides is 1. The minimum atomic E-state index is -3.44. The molecule has 0 N–H and O–H groups in total. The first-order valence-corrected chi connectivity index (χ1v) is 8.86. The molecular formula is C11H15ClN2O2S2. The van der Waals surface area contributed by atoms with Crippen LogP contribution in [0.2, 0.25) is 0 Å². The molecule has 2 heterocycles. The van der Waals surface area contributed by atoms with E-state index in [9.17, 15) is 8.42 Å². The Hall–Kier alpha value is -0.300. The lowest BCUT2D eigenvalue weighted by Crippen LogP contribution is -2.33. The van der Waals surface area contributed by atoms with E-state index in [1.165, 1.54) is 16.6 Å². The summed E-state index contributed by atoms with van der Waals surface area (Å²) in [5.74, 6) is 2.21. The molecule has 0 aliphatic carbocycles. The first-order valence-electron chi connectivity index (χ1n) is 5.73. The molecule has 1 aliphatic heterocycles. The fourth-order valence-electron chi connectivity index (χ4n) is 1.74. The van der Waals surface area contributed by atoms with Crippen LogP contribution >= 0.6 is 23.4 Å². The van der Waals surface area contributed by atoms with Gasteiger partial charge in [0.25, 0.3) is 10.0 Å². The van der Waals surface area contributed by atoms with E-state index >= 15 is 0 Å². The molecule has 0 unspecified atom stereocenters. The fraction of sp³-hybridized carbons (Fsp3) is 0.545. The average molecular weight is 307 g/mol. The molecule has 0 bridgehead atoms. The molecular weight excluding hydrogens is 292 g/mol. The summed E-state index contributed by atoms with van der Waals surface area (Å²) >= 11 is 7.45.